The van der Waals surface area contributed by atoms with Crippen LogP contribution in [0.15, 0.2) is 48.5 Å². The van der Waals surface area contributed by atoms with Crippen LogP contribution in [-0.4, -0.2) is 23.5 Å². The fraction of sp³-hybridized carbons (Fsp3) is 0. The van der Waals surface area contributed by atoms with Crippen LogP contribution in [0, 0.1) is 0 Å². The minimum atomic E-state index is -1.62. The fourth-order valence-corrected chi connectivity index (χ4v) is 1.72. The summed E-state index contributed by atoms with van der Waals surface area (Å²) in [4.78, 5) is 10.9. The van der Waals surface area contributed by atoms with E-state index in [9.17, 15) is 4.79 Å². The first kappa shape index (κ1) is 11.6. The third-order valence-corrected chi connectivity index (χ3v) is 2.60. The molecule has 0 atom stereocenters. The second-order valence-electron chi connectivity index (χ2n) is 3.70. The summed E-state index contributed by atoms with van der Waals surface area (Å²) in [5, 5.41) is 18.2. The normalized spacial score (nSPS) is 10.0. The highest BCUT2D eigenvalue weighted by atomic mass is 16.4. The van der Waals surface area contributed by atoms with Gasteiger partial charge in [-0.2, -0.15) is 0 Å². The van der Waals surface area contributed by atoms with Gasteiger partial charge in [-0.3, -0.25) is 4.79 Å². The number of benzene rings is 2. The smallest absolute Gasteiger partial charge is 0.423 e. The van der Waals surface area contributed by atoms with Crippen molar-refractivity contribution < 1.29 is 14.8 Å². The van der Waals surface area contributed by atoms with E-state index in [2.05, 4.69) is 0 Å². The molecule has 2 rings (SSSR count). The lowest BCUT2D eigenvalue weighted by Gasteiger charge is -2.07. The summed E-state index contributed by atoms with van der Waals surface area (Å²) in [6.07, 6.45) is 0.626. The van der Waals surface area contributed by atoms with Gasteiger partial charge in [-0.25, -0.2) is 0 Å². The molecule has 3 nitrogen and oxygen atoms in total. The molecule has 0 radical (unpaired) electrons. The molecule has 0 bridgehead atoms. The van der Waals surface area contributed by atoms with Gasteiger partial charge in [0.15, 0.2) is 0 Å². The summed E-state index contributed by atoms with van der Waals surface area (Å²) in [6, 6.07) is 14.5. The molecule has 0 aliphatic carbocycles. The molecule has 0 aliphatic heterocycles. The zero-order chi connectivity index (χ0) is 12.3. The maximum Gasteiger partial charge on any atom is 0.489 e. The van der Waals surface area contributed by atoms with E-state index in [1.807, 2.05) is 30.3 Å². The van der Waals surface area contributed by atoms with Crippen molar-refractivity contribution in [1.82, 2.24) is 0 Å². The Morgan fingerprint density at radius 2 is 1.65 bits per heavy atom. The minimum Gasteiger partial charge on any atom is -0.423 e. The standard InChI is InChI=1S/C13H11BO3/c15-9-12-8-11(6-7-13(12)14(16)17)10-4-2-1-3-5-10/h1-9,16-17H. The zero-order valence-corrected chi connectivity index (χ0v) is 9.08. The van der Waals surface area contributed by atoms with Gasteiger partial charge in [-0.15, -0.1) is 0 Å². The molecule has 0 fully saturated rings. The fourth-order valence-electron chi connectivity index (χ4n) is 1.72. The Morgan fingerprint density at radius 1 is 0.941 bits per heavy atom. The van der Waals surface area contributed by atoms with Gasteiger partial charge in [0.1, 0.15) is 6.29 Å². The molecule has 0 aliphatic rings. The molecule has 0 aromatic heterocycles. The van der Waals surface area contributed by atoms with Gasteiger partial charge in [0.25, 0.3) is 0 Å². The summed E-state index contributed by atoms with van der Waals surface area (Å²) in [6.45, 7) is 0. The molecule has 2 aromatic carbocycles. The van der Waals surface area contributed by atoms with Crippen molar-refractivity contribution in [2.45, 2.75) is 0 Å². The molecular weight excluding hydrogens is 215 g/mol. The Morgan fingerprint density at radius 3 is 2.24 bits per heavy atom. The van der Waals surface area contributed by atoms with Crippen LogP contribution in [-0.2, 0) is 0 Å². The first-order chi connectivity index (χ1) is 8.22. The predicted molar refractivity (Wildman–Crippen MR) is 67.1 cm³/mol. The number of carbonyl (C=O) groups is 1. The van der Waals surface area contributed by atoms with Crippen LogP contribution in [0.5, 0.6) is 0 Å². The van der Waals surface area contributed by atoms with Crippen molar-refractivity contribution in [2.24, 2.45) is 0 Å². The van der Waals surface area contributed by atoms with Gasteiger partial charge in [0, 0.05) is 5.56 Å². The minimum absolute atomic E-state index is 0.222. The van der Waals surface area contributed by atoms with Crippen LogP contribution in [0.1, 0.15) is 10.4 Å². The largest absolute Gasteiger partial charge is 0.489 e. The molecule has 0 saturated carbocycles. The molecule has 0 unspecified atom stereocenters. The molecule has 0 spiro atoms. The van der Waals surface area contributed by atoms with Crippen molar-refractivity contribution in [2.75, 3.05) is 0 Å². The summed E-state index contributed by atoms with van der Waals surface area (Å²) < 4.78 is 0. The highest BCUT2D eigenvalue weighted by molar-refractivity contribution is 6.60. The average Bonchev–Trinajstić information content (AvgIpc) is 2.39. The van der Waals surface area contributed by atoms with Crippen LogP contribution in [0.25, 0.3) is 11.1 Å². The highest BCUT2D eigenvalue weighted by Crippen LogP contribution is 2.18. The van der Waals surface area contributed by atoms with E-state index in [0.29, 0.717) is 11.8 Å². The Labute approximate surface area is 99.5 Å². The molecule has 2 aromatic rings. The molecule has 17 heavy (non-hydrogen) atoms. The summed E-state index contributed by atoms with van der Waals surface area (Å²) in [5.41, 5.74) is 2.37. The van der Waals surface area contributed by atoms with Crippen molar-refractivity contribution in [1.29, 1.82) is 0 Å². The molecule has 4 heteroatoms. The van der Waals surface area contributed by atoms with E-state index >= 15 is 0 Å². The number of hydrogen-bond acceptors (Lipinski definition) is 3. The number of rotatable bonds is 3. The Hall–Kier alpha value is -1.91. The third kappa shape index (κ3) is 2.44. The summed E-state index contributed by atoms with van der Waals surface area (Å²) in [7, 11) is -1.62. The highest BCUT2D eigenvalue weighted by Gasteiger charge is 2.15. The van der Waals surface area contributed by atoms with E-state index in [-0.39, 0.29) is 5.46 Å². The van der Waals surface area contributed by atoms with Crippen molar-refractivity contribution in [3.63, 3.8) is 0 Å². The second kappa shape index (κ2) is 4.95. The summed E-state index contributed by atoms with van der Waals surface area (Å²) in [5.74, 6) is 0. The SMILES string of the molecule is O=Cc1cc(-c2ccccc2)ccc1B(O)O. The lowest BCUT2D eigenvalue weighted by atomic mass is 9.76. The first-order valence-electron chi connectivity index (χ1n) is 5.23. The average molecular weight is 226 g/mol. The van der Waals surface area contributed by atoms with Gasteiger partial charge in [-0.05, 0) is 22.7 Å². The van der Waals surface area contributed by atoms with Crippen LogP contribution in [0.2, 0.25) is 0 Å². The molecule has 2 N–H and O–H groups in total. The topological polar surface area (TPSA) is 57.5 Å². The quantitative estimate of drug-likeness (QED) is 0.602. The maximum absolute atomic E-state index is 10.9. The lowest BCUT2D eigenvalue weighted by molar-refractivity contribution is 0.112. The zero-order valence-electron chi connectivity index (χ0n) is 9.08. The Balaban J connectivity index is 2.49. The van der Waals surface area contributed by atoms with Crippen LogP contribution < -0.4 is 5.46 Å². The number of aldehydes is 1. The molecule has 0 amide bonds. The van der Waals surface area contributed by atoms with E-state index in [4.69, 9.17) is 10.0 Å². The van der Waals surface area contributed by atoms with Crippen LogP contribution in [0.3, 0.4) is 0 Å². The second-order valence-corrected chi connectivity index (χ2v) is 3.70. The lowest BCUT2D eigenvalue weighted by Crippen LogP contribution is -2.32. The summed E-state index contributed by atoms with van der Waals surface area (Å²) >= 11 is 0. The Kier molecular flexibility index (Phi) is 3.37. The van der Waals surface area contributed by atoms with Crippen LogP contribution >= 0.6 is 0 Å². The van der Waals surface area contributed by atoms with Gasteiger partial charge in [-0.1, -0.05) is 42.5 Å². The van der Waals surface area contributed by atoms with Crippen molar-refractivity contribution in [3.8, 4) is 11.1 Å². The van der Waals surface area contributed by atoms with Crippen molar-refractivity contribution in [3.05, 3.63) is 54.1 Å². The van der Waals surface area contributed by atoms with Gasteiger partial charge in [0.2, 0.25) is 0 Å². The van der Waals surface area contributed by atoms with E-state index in [0.717, 1.165) is 11.1 Å². The Bertz CT molecular complexity index is 523. The predicted octanol–water partition coefficient (Wildman–Crippen LogP) is 0.846. The van der Waals surface area contributed by atoms with Gasteiger partial charge < -0.3 is 10.0 Å². The van der Waals surface area contributed by atoms with Gasteiger partial charge in [0.05, 0.1) is 0 Å². The van der Waals surface area contributed by atoms with Gasteiger partial charge >= 0.3 is 7.12 Å². The van der Waals surface area contributed by atoms with Crippen molar-refractivity contribution >= 4 is 18.9 Å². The molecule has 0 heterocycles. The molecule has 0 saturated heterocycles. The van der Waals surface area contributed by atoms with E-state index in [1.54, 1.807) is 18.2 Å². The van der Waals surface area contributed by atoms with E-state index in [1.165, 1.54) is 0 Å². The first-order valence-corrected chi connectivity index (χ1v) is 5.23. The van der Waals surface area contributed by atoms with E-state index < -0.39 is 7.12 Å². The molecular formula is C13H11BO3. The monoisotopic (exact) mass is 226 g/mol. The third-order valence-electron chi connectivity index (χ3n) is 2.60. The van der Waals surface area contributed by atoms with Crippen LogP contribution in [0.4, 0.5) is 0 Å². The maximum atomic E-state index is 10.9. The number of carbonyl (C=O) groups excluding carboxylic acids is 1. The number of hydrogen-bond donors (Lipinski definition) is 2. The molecule has 84 valence electrons.